The summed E-state index contributed by atoms with van der Waals surface area (Å²) in [5.41, 5.74) is 2.35. The van der Waals surface area contributed by atoms with E-state index in [9.17, 15) is 17.6 Å². The second-order valence-electron chi connectivity index (χ2n) is 7.31. The molecule has 0 spiro atoms. The van der Waals surface area contributed by atoms with E-state index < -0.39 is 15.7 Å². The Bertz CT molecular complexity index is 1450. The molecular weight excluding hydrogens is 451 g/mol. The lowest BCUT2D eigenvalue weighted by atomic mass is 9.97. The zero-order valence-corrected chi connectivity index (χ0v) is 18.6. The third-order valence-corrected chi connectivity index (χ3v) is 6.44. The van der Waals surface area contributed by atoms with E-state index in [0.717, 1.165) is 11.8 Å². The van der Waals surface area contributed by atoms with Gasteiger partial charge in [0.15, 0.2) is 9.84 Å². The van der Waals surface area contributed by atoms with Gasteiger partial charge in [-0.05, 0) is 41.0 Å². The molecule has 0 amide bonds. The standard InChI is InChI=1S/C24H18ClFN2O3S/c1-32(30,31)19-10-7-17(8-11-19)20-14-27-28(15-16-5-3-2-4-6-16)24(29)23(20)18-9-12-22(26)21(25)13-18/h2-14H,15H2,1H3. The van der Waals surface area contributed by atoms with E-state index in [2.05, 4.69) is 5.10 Å². The number of hydrogen-bond donors (Lipinski definition) is 0. The minimum atomic E-state index is -3.36. The Morgan fingerprint density at radius 3 is 2.25 bits per heavy atom. The van der Waals surface area contributed by atoms with Crippen LogP contribution in [-0.2, 0) is 16.4 Å². The van der Waals surface area contributed by atoms with Crippen LogP contribution in [0.2, 0.25) is 5.02 Å². The van der Waals surface area contributed by atoms with E-state index >= 15 is 0 Å². The van der Waals surface area contributed by atoms with E-state index in [4.69, 9.17) is 11.6 Å². The van der Waals surface area contributed by atoms with E-state index in [1.54, 1.807) is 18.3 Å². The fourth-order valence-electron chi connectivity index (χ4n) is 3.39. The van der Waals surface area contributed by atoms with Crippen molar-refractivity contribution in [3.63, 3.8) is 0 Å². The Labute approximate surface area is 189 Å². The maximum atomic E-state index is 13.8. The molecule has 0 saturated carbocycles. The van der Waals surface area contributed by atoms with E-state index in [1.165, 1.54) is 35.0 Å². The molecule has 0 unspecified atom stereocenters. The fraction of sp³-hybridized carbons (Fsp3) is 0.0833. The van der Waals surface area contributed by atoms with Gasteiger partial charge in [-0.3, -0.25) is 4.79 Å². The van der Waals surface area contributed by atoms with E-state index in [0.29, 0.717) is 22.3 Å². The van der Waals surface area contributed by atoms with Crippen LogP contribution in [0, 0.1) is 5.82 Å². The molecule has 0 aliphatic rings. The van der Waals surface area contributed by atoms with Crippen molar-refractivity contribution in [1.29, 1.82) is 0 Å². The molecule has 0 saturated heterocycles. The molecule has 0 aliphatic carbocycles. The maximum absolute atomic E-state index is 13.8. The Balaban J connectivity index is 1.90. The molecule has 32 heavy (non-hydrogen) atoms. The summed E-state index contributed by atoms with van der Waals surface area (Å²) >= 11 is 5.99. The van der Waals surface area contributed by atoms with E-state index in [-0.39, 0.29) is 22.0 Å². The number of halogens is 2. The largest absolute Gasteiger partial charge is 0.275 e. The predicted octanol–water partition coefficient (Wildman–Crippen LogP) is 4.82. The average molecular weight is 469 g/mol. The predicted molar refractivity (Wildman–Crippen MR) is 123 cm³/mol. The highest BCUT2D eigenvalue weighted by Gasteiger charge is 2.17. The van der Waals surface area contributed by atoms with Crippen molar-refractivity contribution in [2.24, 2.45) is 0 Å². The van der Waals surface area contributed by atoms with Crippen molar-refractivity contribution in [3.8, 4) is 22.3 Å². The monoisotopic (exact) mass is 468 g/mol. The summed E-state index contributed by atoms with van der Waals surface area (Å²) in [6.07, 6.45) is 2.67. The Hall–Kier alpha value is -3.29. The summed E-state index contributed by atoms with van der Waals surface area (Å²) in [4.78, 5) is 13.6. The summed E-state index contributed by atoms with van der Waals surface area (Å²) in [7, 11) is -3.36. The molecule has 0 N–H and O–H groups in total. The zero-order chi connectivity index (χ0) is 22.9. The number of benzene rings is 3. The van der Waals surface area contributed by atoms with Crippen LogP contribution < -0.4 is 5.56 Å². The van der Waals surface area contributed by atoms with Gasteiger partial charge in [-0.25, -0.2) is 17.5 Å². The quantitative estimate of drug-likeness (QED) is 0.421. The molecular formula is C24H18ClFN2O3S. The molecule has 0 fully saturated rings. The van der Waals surface area contributed by atoms with Gasteiger partial charge in [0.25, 0.3) is 5.56 Å². The SMILES string of the molecule is CS(=O)(=O)c1ccc(-c2cnn(Cc3ccccc3)c(=O)c2-c2ccc(F)c(Cl)c2)cc1. The number of rotatable bonds is 5. The lowest BCUT2D eigenvalue weighted by Crippen LogP contribution is -2.25. The van der Waals surface area contributed by atoms with Gasteiger partial charge in [-0.2, -0.15) is 5.10 Å². The van der Waals surface area contributed by atoms with Crippen LogP contribution in [0.25, 0.3) is 22.3 Å². The maximum Gasteiger partial charge on any atom is 0.275 e. The minimum absolute atomic E-state index is 0.105. The van der Waals surface area contributed by atoms with Gasteiger partial charge >= 0.3 is 0 Å². The second kappa shape index (κ2) is 8.68. The highest BCUT2D eigenvalue weighted by Crippen LogP contribution is 2.31. The molecule has 1 heterocycles. The average Bonchev–Trinajstić information content (AvgIpc) is 2.77. The molecule has 0 radical (unpaired) electrons. The van der Waals surface area contributed by atoms with Gasteiger partial charge in [-0.1, -0.05) is 60.1 Å². The minimum Gasteiger partial charge on any atom is -0.267 e. The highest BCUT2D eigenvalue weighted by atomic mass is 35.5. The van der Waals surface area contributed by atoms with Crippen molar-refractivity contribution in [2.75, 3.05) is 6.26 Å². The first-order valence-electron chi connectivity index (χ1n) is 9.64. The lowest BCUT2D eigenvalue weighted by Gasteiger charge is -2.13. The molecule has 8 heteroatoms. The Morgan fingerprint density at radius 2 is 1.62 bits per heavy atom. The number of aromatic nitrogens is 2. The van der Waals surface area contributed by atoms with Crippen LogP contribution in [-0.4, -0.2) is 24.5 Å². The second-order valence-corrected chi connectivity index (χ2v) is 9.73. The van der Waals surface area contributed by atoms with Gasteiger partial charge in [0.2, 0.25) is 0 Å². The molecule has 1 aromatic heterocycles. The molecule has 5 nitrogen and oxygen atoms in total. The molecule has 0 atom stereocenters. The summed E-state index contributed by atoms with van der Waals surface area (Å²) in [6, 6.07) is 19.7. The summed E-state index contributed by atoms with van der Waals surface area (Å²) in [6.45, 7) is 0.259. The zero-order valence-electron chi connectivity index (χ0n) is 17.0. The van der Waals surface area contributed by atoms with E-state index in [1.807, 2.05) is 30.3 Å². The van der Waals surface area contributed by atoms with Crippen molar-refractivity contribution >= 4 is 21.4 Å². The highest BCUT2D eigenvalue weighted by molar-refractivity contribution is 7.90. The first kappa shape index (κ1) is 21.9. The molecule has 162 valence electrons. The first-order chi connectivity index (χ1) is 15.2. The van der Waals surface area contributed by atoms with Gasteiger partial charge in [0.05, 0.1) is 28.2 Å². The van der Waals surface area contributed by atoms with Gasteiger partial charge in [-0.15, -0.1) is 0 Å². The number of hydrogen-bond acceptors (Lipinski definition) is 4. The molecule has 3 aromatic carbocycles. The van der Waals surface area contributed by atoms with Crippen molar-refractivity contribution in [2.45, 2.75) is 11.4 Å². The molecule has 0 aliphatic heterocycles. The molecule has 4 aromatic rings. The smallest absolute Gasteiger partial charge is 0.267 e. The summed E-state index contributed by atoms with van der Waals surface area (Å²) < 4.78 is 38.7. The van der Waals surface area contributed by atoms with Crippen molar-refractivity contribution < 1.29 is 12.8 Å². The number of nitrogens with zero attached hydrogens (tertiary/aromatic N) is 2. The summed E-state index contributed by atoms with van der Waals surface area (Å²) in [5.74, 6) is -0.590. The summed E-state index contributed by atoms with van der Waals surface area (Å²) in [5, 5.41) is 4.22. The van der Waals surface area contributed by atoms with Crippen molar-refractivity contribution in [3.05, 3.63) is 106 Å². The van der Waals surface area contributed by atoms with Crippen LogP contribution >= 0.6 is 11.6 Å². The Morgan fingerprint density at radius 1 is 0.969 bits per heavy atom. The molecule has 0 bridgehead atoms. The molecule has 4 rings (SSSR count). The van der Waals surface area contributed by atoms with Crippen LogP contribution in [0.3, 0.4) is 0 Å². The van der Waals surface area contributed by atoms with Crippen LogP contribution in [0.1, 0.15) is 5.56 Å². The normalized spacial score (nSPS) is 11.5. The fourth-order valence-corrected chi connectivity index (χ4v) is 4.20. The van der Waals surface area contributed by atoms with Crippen LogP contribution in [0.4, 0.5) is 4.39 Å². The third kappa shape index (κ3) is 4.49. The van der Waals surface area contributed by atoms with Crippen LogP contribution in [0.5, 0.6) is 0 Å². The topological polar surface area (TPSA) is 69.0 Å². The van der Waals surface area contributed by atoms with Crippen molar-refractivity contribution in [1.82, 2.24) is 9.78 Å². The first-order valence-corrected chi connectivity index (χ1v) is 11.9. The third-order valence-electron chi connectivity index (χ3n) is 5.02. The Kier molecular flexibility index (Phi) is 5.95. The lowest BCUT2D eigenvalue weighted by molar-refractivity contribution is 0.602. The van der Waals surface area contributed by atoms with Crippen LogP contribution in [0.15, 0.2) is 88.7 Å². The van der Waals surface area contributed by atoms with Gasteiger partial charge in [0.1, 0.15) is 5.82 Å². The van der Waals surface area contributed by atoms with Gasteiger partial charge in [0, 0.05) is 11.8 Å². The number of sulfone groups is 1. The van der Waals surface area contributed by atoms with Gasteiger partial charge < -0.3 is 0 Å².